The van der Waals surface area contributed by atoms with Crippen molar-refractivity contribution in [3.63, 3.8) is 0 Å². The standard InChI is InChI=1S/C25H33N3O2/c1-24(2,3)22(29)28-16-6-13-25(18-28,23(30)27(4)5)17-19-7-9-20(10-8-19)21-11-14-26-15-12-21/h7-12,14-15H,6,13,16-18H2,1-5H3/t25-/m1/s1. The van der Waals surface area contributed by atoms with Gasteiger partial charge >= 0.3 is 0 Å². The lowest BCUT2D eigenvalue weighted by Gasteiger charge is -2.44. The molecule has 0 saturated carbocycles. The molecular formula is C25H33N3O2. The summed E-state index contributed by atoms with van der Waals surface area (Å²) in [6, 6.07) is 12.4. The molecule has 5 heteroatoms. The van der Waals surface area contributed by atoms with Gasteiger partial charge in [-0.15, -0.1) is 0 Å². The monoisotopic (exact) mass is 407 g/mol. The van der Waals surface area contributed by atoms with Gasteiger partial charge in [0.05, 0.1) is 5.41 Å². The van der Waals surface area contributed by atoms with Gasteiger partial charge in [0.1, 0.15) is 0 Å². The van der Waals surface area contributed by atoms with Gasteiger partial charge < -0.3 is 9.80 Å². The molecule has 1 aliphatic heterocycles. The van der Waals surface area contributed by atoms with E-state index >= 15 is 0 Å². The van der Waals surface area contributed by atoms with Gasteiger partial charge in [0.15, 0.2) is 0 Å². The molecule has 160 valence electrons. The summed E-state index contributed by atoms with van der Waals surface area (Å²) in [5, 5.41) is 0. The molecule has 1 atom stereocenters. The van der Waals surface area contributed by atoms with Crippen LogP contribution in [0.5, 0.6) is 0 Å². The fourth-order valence-corrected chi connectivity index (χ4v) is 4.40. The maximum Gasteiger partial charge on any atom is 0.230 e. The minimum atomic E-state index is -0.582. The summed E-state index contributed by atoms with van der Waals surface area (Å²) in [4.78, 5) is 33.9. The zero-order valence-electron chi connectivity index (χ0n) is 18.8. The normalized spacial score (nSPS) is 19.4. The Morgan fingerprint density at radius 2 is 1.63 bits per heavy atom. The molecule has 2 amide bonds. The highest BCUT2D eigenvalue weighted by atomic mass is 16.2. The van der Waals surface area contributed by atoms with Gasteiger partial charge in [-0.1, -0.05) is 45.0 Å². The number of piperidine rings is 1. The van der Waals surface area contributed by atoms with Gasteiger partial charge in [-0.05, 0) is 48.1 Å². The average Bonchev–Trinajstić information content (AvgIpc) is 2.73. The summed E-state index contributed by atoms with van der Waals surface area (Å²) in [7, 11) is 3.61. The summed E-state index contributed by atoms with van der Waals surface area (Å²) >= 11 is 0. The third-order valence-electron chi connectivity index (χ3n) is 5.88. The highest BCUT2D eigenvalue weighted by molar-refractivity contribution is 5.86. The minimum Gasteiger partial charge on any atom is -0.348 e. The van der Waals surface area contributed by atoms with Crippen molar-refractivity contribution < 1.29 is 9.59 Å². The molecule has 0 N–H and O–H groups in total. The molecular weight excluding hydrogens is 374 g/mol. The smallest absolute Gasteiger partial charge is 0.230 e. The summed E-state index contributed by atoms with van der Waals surface area (Å²) in [6.07, 6.45) is 5.85. The number of amides is 2. The predicted octanol–water partition coefficient (Wildman–Crippen LogP) is 4.03. The van der Waals surface area contributed by atoms with Gasteiger partial charge in [-0.3, -0.25) is 14.6 Å². The molecule has 0 aliphatic carbocycles. The van der Waals surface area contributed by atoms with Crippen LogP contribution >= 0.6 is 0 Å². The van der Waals surface area contributed by atoms with Gasteiger partial charge in [0.25, 0.3) is 0 Å². The van der Waals surface area contributed by atoms with E-state index in [9.17, 15) is 9.59 Å². The fraction of sp³-hybridized carbons (Fsp3) is 0.480. The number of aromatic nitrogens is 1. The van der Waals surface area contributed by atoms with E-state index in [1.54, 1.807) is 31.4 Å². The van der Waals surface area contributed by atoms with E-state index in [0.29, 0.717) is 13.0 Å². The van der Waals surface area contributed by atoms with Crippen LogP contribution in [-0.4, -0.2) is 53.8 Å². The average molecular weight is 408 g/mol. The van der Waals surface area contributed by atoms with Gasteiger partial charge in [0.2, 0.25) is 11.8 Å². The molecule has 5 nitrogen and oxygen atoms in total. The molecule has 30 heavy (non-hydrogen) atoms. The number of likely N-dealkylation sites (tertiary alicyclic amines) is 1. The lowest BCUT2D eigenvalue weighted by atomic mass is 9.73. The van der Waals surface area contributed by atoms with Crippen LogP contribution in [0.1, 0.15) is 39.2 Å². The number of nitrogens with zero attached hydrogens (tertiary/aromatic N) is 3. The highest BCUT2D eigenvalue weighted by Crippen LogP contribution is 2.37. The number of carbonyl (C=O) groups is 2. The van der Waals surface area contributed by atoms with Gasteiger partial charge in [0, 0.05) is 45.0 Å². The van der Waals surface area contributed by atoms with Gasteiger partial charge in [-0.25, -0.2) is 0 Å². The Kier molecular flexibility index (Phi) is 6.30. The predicted molar refractivity (Wildman–Crippen MR) is 120 cm³/mol. The second kappa shape index (κ2) is 8.58. The Bertz CT molecular complexity index is 885. The van der Waals surface area contributed by atoms with E-state index in [1.165, 1.54) is 0 Å². The zero-order valence-corrected chi connectivity index (χ0v) is 18.8. The number of hydrogen-bond acceptors (Lipinski definition) is 3. The zero-order chi connectivity index (χ0) is 21.9. The molecule has 0 spiro atoms. The van der Waals surface area contributed by atoms with E-state index in [4.69, 9.17) is 0 Å². The lowest BCUT2D eigenvalue weighted by molar-refractivity contribution is -0.150. The summed E-state index contributed by atoms with van der Waals surface area (Å²) in [5.74, 6) is 0.221. The first-order valence-electron chi connectivity index (χ1n) is 10.6. The Balaban J connectivity index is 1.87. The molecule has 1 aliphatic rings. The fourth-order valence-electron chi connectivity index (χ4n) is 4.40. The number of pyridine rings is 1. The quantitative estimate of drug-likeness (QED) is 0.769. The van der Waals surface area contributed by atoms with Crippen molar-refractivity contribution >= 4 is 11.8 Å². The van der Waals surface area contributed by atoms with E-state index in [2.05, 4.69) is 29.2 Å². The SMILES string of the molecule is CN(C)C(=O)[C@@]1(Cc2ccc(-c3ccncc3)cc2)CCCN(C(=O)C(C)(C)C)C1. The van der Waals surface area contributed by atoms with Crippen molar-refractivity contribution in [2.75, 3.05) is 27.2 Å². The third kappa shape index (κ3) is 4.72. The van der Waals surface area contributed by atoms with Crippen LogP contribution in [-0.2, 0) is 16.0 Å². The van der Waals surface area contributed by atoms with Crippen molar-refractivity contribution in [3.8, 4) is 11.1 Å². The Hall–Kier alpha value is -2.69. The molecule has 3 rings (SSSR count). The number of benzene rings is 1. The van der Waals surface area contributed by atoms with Crippen LogP contribution < -0.4 is 0 Å². The van der Waals surface area contributed by atoms with Crippen LogP contribution in [0, 0.1) is 10.8 Å². The molecule has 1 saturated heterocycles. The van der Waals surface area contributed by atoms with E-state index in [1.807, 2.05) is 37.8 Å². The summed E-state index contributed by atoms with van der Waals surface area (Å²) < 4.78 is 0. The van der Waals surface area contributed by atoms with Crippen LogP contribution in [0.3, 0.4) is 0 Å². The van der Waals surface area contributed by atoms with Crippen molar-refractivity contribution in [1.82, 2.24) is 14.8 Å². The van der Waals surface area contributed by atoms with E-state index in [-0.39, 0.29) is 11.8 Å². The molecule has 0 radical (unpaired) electrons. The molecule has 0 bridgehead atoms. The first-order chi connectivity index (χ1) is 14.1. The van der Waals surface area contributed by atoms with Crippen LogP contribution in [0.2, 0.25) is 0 Å². The maximum atomic E-state index is 13.3. The minimum absolute atomic E-state index is 0.104. The first kappa shape index (κ1) is 22.0. The number of hydrogen-bond donors (Lipinski definition) is 0. The van der Waals surface area contributed by atoms with Crippen LogP contribution in [0.15, 0.2) is 48.8 Å². The molecule has 0 unspecified atom stereocenters. The topological polar surface area (TPSA) is 53.5 Å². The van der Waals surface area contributed by atoms with Crippen LogP contribution in [0.4, 0.5) is 0 Å². The van der Waals surface area contributed by atoms with Crippen molar-refractivity contribution in [2.45, 2.75) is 40.0 Å². The Morgan fingerprint density at radius 3 is 2.20 bits per heavy atom. The van der Waals surface area contributed by atoms with E-state index in [0.717, 1.165) is 36.1 Å². The highest BCUT2D eigenvalue weighted by Gasteiger charge is 2.45. The molecule has 1 aromatic carbocycles. The third-order valence-corrected chi connectivity index (χ3v) is 5.88. The van der Waals surface area contributed by atoms with Crippen LogP contribution in [0.25, 0.3) is 11.1 Å². The molecule has 1 fully saturated rings. The molecule has 1 aromatic heterocycles. The maximum absolute atomic E-state index is 13.3. The summed E-state index contributed by atoms with van der Waals surface area (Å²) in [6.45, 7) is 7.03. The van der Waals surface area contributed by atoms with Crippen molar-refractivity contribution in [3.05, 3.63) is 54.4 Å². The van der Waals surface area contributed by atoms with Gasteiger partial charge in [-0.2, -0.15) is 0 Å². The summed E-state index contributed by atoms with van der Waals surface area (Å²) in [5.41, 5.74) is 2.34. The lowest BCUT2D eigenvalue weighted by Crippen LogP contribution is -2.55. The molecule has 2 aromatic rings. The van der Waals surface area contributed by atoms with Crippen molar-refractivity contribution in [2.24, 2.45) is 10.8 Å². The van der Waals surface area contributed by atoms with E-state index < -0.39 is 10.8 Å². The number of rotatable bonds is 4. The second-order valence-corrected chi connectivity index (χ2v) is 9.67. The first-order valence-corrected chi connectivity index (χ1v) is 10.6. The largest absolute Gasteiger partial charge is 0.348 e. The van der Waals surface area contributed by atoms with Crippen molar-refractivity contribution in [1.29, 1.82) is 0 Å². The Labute approximate surface area is 180 Å². The second-order valence-electron chi connectivity index (χ2n) is 9.67. The Morgan fingerprint density at radius 1 is 1.03 bits per heavy atom. The molecule has 2 heterocycles. The number of carbonyl (C=O) groups excluding carboxylic acids is 2.